The van der Waals surface area contributed by atoms with Gasteiger partial charge in [0.2, 0.25) is 0 Å². The fraction of sp³-hybridized carbons (Fsp3) is 0. The highest BCUT2D eigenvalue weighted by Gasteiger charge is 2.10. The van der Waals surface area contributed by atoms with Crippen molar-refractivity contribution in [1.82, 2.24) is 4.37 Å². The molecule has 0 saturated heterocycles. The zero-order valence-corrected chi connectivity index (χ0v) is 8.39. The van der Waals surface area contributed by atoms with Gasteiger partial charge >= 0.3 is 6.09 Å². The molecule has 0 spiro atoms. The Morgan fingerprint density at radius 3 is 3.07 bits per heavy atom. The maximum absolute atomic E-state index is 10.4. The van der Waals surface area contributed by atoms with Crippen molar-refractivity contribution in [3.8, 4) is 0 Å². The molecule has 14 heavy (non-hydrogen) atoms. The Morgan fingerprint density at radius 1 is 1.57 bits per heavy atom. The first-order chi connectivity index (χ1) is 6.68. The number of benzene rings is 1. The van der Waals surface area contributed by atoms with E-state index in [1.54, 1.807) is 18.2 Å². The van der Waals surface area contributed by atoms with Crippen LogP contribution in [0.2, 0.25) is 5.02 Å². The predicted molar refractivity (Wildman–Crippen MR) is 56.3 cm³/mol. The number of nitrogens with zero attached hydrogens (tertiary/aromatic N) is 1. The molecule has 0 fully saturated rings. The second-order valence-electron chi connectivity index (χ2n) is 2.58. The molecular weight excluding hydrogens is 224 g/mol. The molecule has 0 saturated carbocycles. The van der Waals surface area contributed by atoms with E-state index < -0.39 is 6.09 Å². The summed E-state index contributed by atoms with van der Waals surface area (Å²) in [6.45, 7) is 0. The highest BCUT2D eigenvalue weighted by molar-refractivity contribution is 7.12. The molecular formula is C8H5ClN2O2S. The van der Waals surface area contributed by atoms with E-state index >= 15 is 0 Å². The van der Waals surface area contributed by atoms with Crippen molar-refractivity contribution < 1.29 is 9.90 Å². The fourth-order valence-electron chi connectivity index (χ4n) is 1.14. The van der Waals surface area contributed by atoms with E-state index in [0.717, 1.165) is 11.5 Å². The number of hydrogen-bond donors (Lipinski definition) is 2. The summed E-state index contributed by atoms with van der Waals surface area (Å²) in [7, 11) is 0. The molecule has 1 heterocycles. The number of amides is 1. The van der Waals surface area contributed by atoms with Crippen molar-refractivity contribution >= 4 is 45.1 Å². The Hall–Kier alpha value is -1.33. The van der Waals surface area contributed by atoms with Crippen molar-refractivity contribution in [1.29, 1.82) is 0 Å². The summed E-state index contributed by atoms with van der Waals surface area (Å²) in [6, 6.07) is 5.25. The summed E-state index contributed by atoms with van der Waals surface area (Å²) in [5.41, 5.74) is 0.700. The monoisotopic (exact) mass is 228 g/mol. The number of carboxylic acid groups (broad SMARTS) is 1. The topological polar surface area (TPSA) is 62.2 Å². The zero-order valence-electron chi connectivity index (χ0n) is 6.82. The number of carbonyl (C=O) groups is 1. The van der Waals surface area contributed by atoms with Gasteiger partial charge in [-0.25, -0.2) is 4.79 Å². The molecule has 1 aromatic carbocycles. The molecule has 72 valence electrons. The third kappa shape index (κ3) is 1.51. The summed E-state index contributed by atoms with van der Waals surface area (Å²) in [4.78, 5) is 10.4. The van der Waals surface area contributed by atoms with Gasteiger partial charge in [-0.1, -0.05) is 17.7 Å². The van der Waals surface area contributed by atoms with Crippen LogP contribution in [0.1, 0.15) is 0 Å². The molecule has 2 N–H and O–H groups in total. The molecule has 6 heteroatoms. The molecule has 0 unspecified atom stereocenters. The molecule has 0 aliphatic heterocycles. The van der Waals surface area contributed by atoms with E-state index in [0.29, 0.717) is 20.9 Å². The van der Waals surface area contributed by atoms with Crippen molar-refractivity contribution in [2.45, 2.75) is 0 Å². The molecule has 1 amide bonds. The van der Waals surface area contributed by atoms with Crippen molar-refractivity contribution in [2.75, 3.05) is 5.32 Å². The standard InChI is InChI=1S/C8H5ClN2O2S/c9-4-2-1-3-5-6(4)7(14-11-5)10-8(12)13/h1-3,10H,(H,12,13). The smallest absolute Gasteiger partial charge is 0.409 e. The molecule has 0 aliphatic rings. The van der Waals surface area contributed by atoms with Gasteiger partial charge in [0.25, 0.3) is 0 Å². The van der Waals surface area contributed by atoms with Gasteiger partial charge in [0.1, 0.15) is 5.00 Å². The summed E-state index contributed by atoms with van der Waals surface area (Å²) < 4.78 is 4.06. The van der Waals surface area contributed by atoms with Crippen LogP contribution in [0.4, 0.5) is 9.80 Å². The number of rotatable bonds is 1. The Morgan fingerprint density at radius 2 is 2.36 bits per heavy atom. The minimum atomic E-state index is -1.12. The molecule has 0 radical (unpaired) electrons. The maximum atomic E-state index is 10.4. The summed E-state index contributed by atoms with van der Waals surface area (Å²) in [6.07, 6.45) is -1.12. The lowest BCUT2D eigenvalue weighted by atomic mass is 10.2. The van der Waals surface area contributed by atoms with Crippen LogP contribution in [0.3, 0.4) is 0 Å². The average Bonchev–Trinajstić information content (AvgIpc) is 2.49. The number of aromatic nitrogens is 1. The third-order valence-electron chi connectivity index (χ3n) is 1.67. The normalized spacial score (nSPS) is 10.4. The first-order valence-electron chi connectivity index (χ1n) is 3.72. The Labute approximate surface area is 88.3 Å². The lowest BCUT2D eigenvalue weighted by Gasteiger charge is -1.97. The number of fused-ring (bicyclic) bond motifs is 1. The van der Waals surface area contributed by atoms with Gasteiger partial charge in [0.15, 0.2) is 0 Å². The maximum Gasteiger partial charge on any atom is 0.409 e. The van der Waals surface area contributed by atoms with Gasteiger partial charge in [-0.3, -0.25) is 5.32 Å². The van der Waals surface area contributed by atoms with Crippen molar-refractivity contribution in [3.05, 3.63) is 23.2 Å². The van der Waals surface area contributed by atoms with E-state index in [1.165, 1.54) is 0 Å². The van der Waals surface area contributed by atoms with Crippen molar-refractivity contribution in [3.63, 3.8) is 0 Å². The summed E-state index contributed by atoms with van der Waals surface area (Å²) >= 11 is 7.00. The second-order valence-corrected chi connectivity index (χ2v) is 3.76. The van der Waals surface area contributed by atoms with Crippen LogP contribution in [0.15, 0.2) is 18.2 Å². The Bertz CT molecular complexity index is 497. The number of anilines is 1. The van der Waals surface area contributed by atoms with Gasteiger partial charge in [0, 0.05) is 0 Å². The van der Waals surface area contributed by atoms with E-state index in [1.807, 2.05) is 0 Å². The van der Waals surface area contributed by atoms with Crippen LogP contribution in [0.5, 0.6) is 0 Å². The molecule has 0 atom stereocenters. The van der Waals surface area contributed by atoms with Gasteiger partial charge < -0.3 is 5.11 Å². The van der Waals surface area contributed by atoms with Crippen LogP contribution in [0, 0.1) is 0 Å². The fourth-order valence-corrected chi connectivity index (χ4v) is 2.24. The Balaban J connectivity index is 2.61. The SMILES string of the molecule is O=C(O)Nc1snc2cccc(Cl)c12. The largest absolute Gasteiger partial charge is 0.465 e. The van der Waals surface area contributed by atoms with Crippen LogP contribution >= 0.6 is 23.1 Å². The summed E-state index contributed by atoms with van der Waals surface area (Å²) in [5, 5.41) is 12.4. The van der Waals surface area contributed by atoms with Gasteiger partial charge in [-0.15, -0.1) is 0 Å². The van der Waals surface area contributed by atoms with Crippen LogP contribution in [0.25, 0.3) is 10.9 Å². The van der Waals surface area contributed by atoms with E-state index in [-0.39, 0.29) is 0 Å². The Kier molecular flexibility index (Phi) is 2.26. The molecule has 2 rings (SSSR count). The van der Waals surface area contributed by atoms with E-state index in [9.17, 15) is 4.79 Å². The number of halogens is 1. The van der Waals surface area contributed by atoms with Crippen LogP contribution < -0.4 is 5.32 Å². The third-order valence-corrected chi connectivity index (χ3v) is 2.77. The highest BCUT2D eigenvalue weighted by atomic mass is 35.5. The lowest BCUT2D eigenvalue weighted by Crippen LogP contribution is -2.05. The van der Waals surface area contributed by atoms with Gasteiger partial charge in [-0.2, -0.15) is 4.37 Å². The highest BCUT2D eigenvalue weighted by Crippen LogP contribution is 2.33. The predicted octanol–water partition coefficient (Wildman–Crippen LogP) is 3.04. The molecule has 0 bridgehead atoms. The number of hydrogen-bond acceptors (Lipinski definition) is 3. The van der Waals surface area contributed by atoms with Crippen molar-refractivity contribution in [2.24, 2.45) is 0 Å². The van der Waals surface area contributed by atoms with Gasteiger partial charge in [0.05, 0.1) is 15.9 Å². The minimum Gasteiger partial charge on any atom is -0.465 e. The van der Waals surface area contributed by atoms with E-state index in [4.69, 9.17) is 16.7 Å². The first kappa shape index (κ1) is 9.23. The zero-order chi connectivity index (χ0) is 10.1. The lowest BCUT2D eigenvalue weighted by molar-refractivity contribution is 0.210. The molecule has 2 aromatic rings. The van der Waals surface area contributed by atoms with Gasteiger partial charge in [-0.05, 0) is 23.7 Å². The average molecular weight is 229 g/mol. The quantitative estimate of drug-likeness (QED) is 0.789. The van der Waals surface area contributed by atoms with Crippen LogP contribution in [-0.2, 0) is 0 Å². The molecule has 1 aromatic heterocycles. The second kappa shape index (κ2) is 3.43. The minimum absolute atomic E-state index is 0.457. The summed E-state index contributed by atoms with van der Waals surface area (Å²) in [5.74, 6) is 0. The first-order valence-corrected chi connectivity index (χ1v) is 4.87. The molecule has 0 aliphatic carbocycles. The molecule has 4 nitrogen and oxygen atoms in total. The number of nitrogens with one attached hydrogen (secondary N) is 1. The van der Waals surface area contributed by atoms with E-state index in [2.05, 4.69) is 9.69 Å². The van der Waals surface area contributed by atoms with Crippen LogP contribution in [-0.4, -0.2) is 15.6 Å².